The van der Waals surface area contributed by atoms with Crippen LogP contribution >= 0.6 is 0 Å². The van der Waals surface area contributed by atoms with Crippen molar-refractivity contribution in [3.8, 4) is 0 Å². The Bertz CT molecular complexity index is 320. The number of carbonyl (C=O) groups is 1. The largest absolute Gasteiger partial charge is 0.399 e. The molecule has 1 aromatic rings. The predicted octanol–water partition coefficient (Wildman–Crippen LogP) is 1.18. The van der Waals surface area contributed by atoms with Gasteiger partial charge in [-0.05, 0) is 36.1 Å². The van der Waals surface area contributed by atoms with E-state index < -0.39 is 0 Å². The van der Waals surface area contributed by atoms with E-state index in [0.717, 1.165) is 24.8 Å². The van der Waals surface area contributed by atoms with Gasteiger partial charge in [0.1, 0.15) is 6.29 Å². The molecule has 1 aliphatic rings. The molecule has 0 saturated heterocycles. The van der Waals surface area contributed by atoms with E-state index in [1.165, 1.54) is 11.1 Å². The third-order valence-electron chi connectivity index (χ3n) is 2.39. The number of hydrogen-bond donors (Lipinski definition) is 1. The normalized spacial score (nSPS) is 20.5. The fourth-order valence-corrected chi connectivity index (χ4v) is 1.77. The van der Waals surface area contributed by atoms with Gasteiger partial charge < -0.3 is 10.5 Å². The molecule has 2 rings (SSSR count). The van der Waals surface area contributed by atoms with Crippen molar-refractivity contribution in [3.63, 3.8) is 0 Å². The highest BCUT2D eigenvalue weighted by molar-refractivity contribution is 5.59. The van der Waals surface area contributed by atoms with E-state index in [2.05, 4.69) is 0 Å². The van der Waals surface area contributed by atoms with Crippen molar-refractivity contribution in [3.05, 3.63) is 29.3 Å². The number of nitrogen functional groups attached to an aromatic ring is 1. The third-order valence-corrected chi connectivity index (χ3v) is 2.39. The topological polar surface area (TPSA) is 43.1 Å². The highest BCUT2D eigenvalue weighted by Crippen LogP contribution is 2.26. The summed E-state index contributed by atoms with van der Waals surface area (Å²) in [5, 5.41) is 0. The molecule has 0 fully saturated rings. The van der Waals surface area contributed by atoms with Crippen LogP contribution in [0.2, 0.25) is 0 Å². The average molecular weight is 161 g/mol. The lowest BCUT2D eigenvalue weighted by atomic mass is 10.1. The zero-order valence-corrected chi connectivity index (χ0v) is 6.79. The second kappa shape index (κ2) is 2.63. The molecule has 0 radical (unpaired) electrons. The van der Waals surface area contributed by atoms with E-state index in [9.17, 15) is 4.79 Å². The lowest BCUT2D eigenvalue weighted by molar-refractivity contribution is -0.110. The average Bonchev–Trinajstić information content (AvgIpc) is 2.46. The summed E-state index contributed by atoms with van der Waals surface area (Å²) in [5.74, 6) is 0.182. The van der Waals surface area contributed by atoms with Crippen molar-refractivity contribution in [2.24, 2.45) is 5.92 Å². The van der Waals surface area contributed by atoms with Gasteiger partial charge in [0.15, 0.2) is 0 Å². The van der Waals surface area contributed by atoms with Crippen molar-refractivity contribution in [1.29, 1.82) is 0 Å². The Labute approximate surface area is 71.4 Å². The van der Waals surface area contributed by atoms with Crippen molar-refractivity contribution < 1.29 is 4.79 Å². The third kappa shape index (κ3) is 1.09. The Morgan fingerprint density at radius 3 is 2.83 bits per heavy atom. The summed E-state index contributed by atoms with van der Waals surface area (Å²) in [4.78, 5) is 10.5. The highest BCUT2D eigenvalue weighted by atomic mass is 16.1. The molecule has 0 aliphatic heterocycles. The highest BCUT2D eigenvalue weighted by Gasteiger charge is 2.20. The summed E-state index contributed by atoms with van der Waals surface area (Å²) in [5.41, 5.74) is 8.94. The van der Waals surface area contributed by atoms with Crippen LogP contribution in [0.1, 0.15) is 11.1 Å². The second-order valence-electron chi connectivity index (χ2n) is 3.33. The molecule has 1 unspecified atom stereocenters. The van der Waals surface area contributed by atoms with Crippen LogP contribution < -0.4 is 5.73 Å². The summed E-state index contributed by atoms with van der Waals surface area (Å²) >= 11 is 0. The van der Waals surface area contributed by atoms with Crippen molar-refractivity contribution in [1.82, 2.24) is 0 Å². The number of fused-ring (bicyclic) bond motifs is 1. The van der Waals surface area contributed by atoms with Gasteiger partial charge in [0.2, 0.25) is 0 Å². The van der Waals surface area contributed by atoms with E-state index >= 15 is 0 Å². The van der Waals surface area contributed by atoms with Gasteiger partial charge in [0.05, 0.1) is 0 Å². The molecule has 1 aromatic carbocycles. The van der Waals surface area contributed by atoms with Crippen LogP contribution in [0, 0.1) is 5.92 Å². The maximum absolute atomic E-state index is 10.5. The Balaban J connectivity index is 2.35. The lowest BCUT2D eigenvalue weighted by Crippen LogP contribution is -1.99. The minimum absolute atomic E-state index is 0.182. The molecule has 0 amide bonds. The molecule has 62 valence electrons. The molecule has 1 atom stereocenters. The molecule has 12 heavy (non-hydrogen) atoms. The fraction of sp³-hybridized carbons (Fsp3) is 0.300. The molecular formula is C10H11NO. The summed E-state index contributed by atoms with van der Waals surface area (Å²) in [7, 11) is 0. The Morgan fingerprint density at radius 1 is 1.33 bits per heavy atom. The minimum atomic E-state index is 0.182. The van der Waals surface area contributed by atoms with Gasteiger partial charge >= 0.3 is 0 Å². The van der Waals surface area contributed by atoms with Crippen molar-refractivity contribution in [2.75, 3.05) is 5.73 Å². The first-order valence-corrected chi connectivity index (χ1v) is 4.12. The molecule has 0 saturated carbocycles. The Kier molecular flexibility index (Phi) is 1.61. The van der Waals surface area contributed by atoms with Crippen LogP contribution in [-0.4, -0.2) is 6.29 Å². The molecule has 2 nitrogen and oxygen atoms in total. The minimum Gasteiger partial charge on any atom is -0.399 e. The smallest absolute Gasteiger partial charge is 0.123 e. The number of rotatable bonds is 1. The lowest BCUT2D eigenvalue weighted by Gasteiger charge is -1.98. The van der Waals surface area contributed by atoms with Gasteiger partial charge in [-0.1, -0.05) is 6.07 Å². The number of carbonyl (C=O) groups excluding carboxylic acids is 1. The number of hydrogen-bond acceptors (Lipinski definition) is 2. The van der Waals surface area contributed by atoms with Gasteiger partial charge in [0, 0.05) is 11.6 Å². The summed E-state index contributed by atoms with van der Waals surface area (Å²) in [6.07, 6.45) is 2.79. The number of nitrogens with two attached hydrogens (primary N) is 1. The van der Waals surface area contributed by atoms with E-state index in [-0.39, 0.29) is 5.92 Å². The van der Waals surface area contributed by atoms with Crippen LogP contribution in [-0.2, 0) is 17.6 Å². The Morgan fingerprint density at radius 2 is 2.08 bits per heavy atom. The number of aldehydes is 1. The van der Waals surface area contributed by atoms with Gasteiger partial charge in [-0.15, -0.1) is 0 Å². The number of anilines is 1. The molecule has 2 N–H and O–H groups in total. The molecule has 1 aliphatic carbocycles. The van der Waals surface area contributed by atoms with Crippen LogP contribution in [0.5, 0.6) is 0 Å². The van der Waals surface area contributed by atoms with Gasteiger partial charge in [-0.2, -0.15) is 0 Å². The molecule has 2 heteroatoms. The van der Waals surface area contributed by atoms with E-state index in [0.29, 0.717) is 0 Å². The molecular weight excluding hydrogens is 150 g/mol. The quantitative estimate of drug-likeness (QED) is 0.496. The van der Waals surface area contributed by atoms with Crippen molar-refractivity contribution >= 4 is 12.0 Å². The van der Waals surface area contributed by atoms with E-state index in [4.69, 9.17) is 5.73 Å². The molecule has 0 bridgehead atoms. The van der Waals surface area contributed by atoms with E-state index in [1.807, 2.05) is 18.2 Å². The monoisotopic (exact) mass is 161 g/mol. The first kappa shape index (κ1) is 7.35. The van der Waals surface area contributed by atoms with Gasteiger partial charge in [-0.3, -0.25) is 0 Å². The van der Waals surface area contributed by atoms with Crippen LogP contribution in [0.4, 0.5) is 5.69 Å². The zero-order chi connectivity index (χ0) is 8.55. The summed E-state index contributed by atoms with van der Waals surface area (Å²) < 4.78 is 0. The zero-order valence-electron chi connectivity index (χ0n) is 6.79. The van der Waals surface area contributed by atoms with Crippen LogP contribution in [0.25, 0.3) is 0 Å². The van der Waals surface area contributed by atoms with Crippen molar-refractivity contribution in [2.45, 2.75) is 12.8 Å². The molecule has 0 heterocycles. The van der Waals surface area contributed by atoms with Crippen LogP contribution in [0.3, 0.4) is 0 Å². The molecule has 0 aromatic heterocycles. The summed E-state index contributed by atoms with van der Waals surface area (Å²) in [6.45, 7) is 0. The fourth-order valence-electron chi connectivity index (χ4n) is 1.77. The Hall–Kier alpha value is -1.31. The summed E-state index contributed by atoms with van der Waals surface area (Å²) in [6, 6.07) is 5.89. The van der Waals surface area contributed by atoms with Gasteiger partial charge in [0.25, 0.3) is 0 Å². The maximum Gasteiger partial charge on any atom is 0.123 e. The standard InChI is InChI=1S/C10H11NO/c11-10-2-1-8-3-7(6-12)4-9(8)5-10/h1-2,5-7H,3-4,11H2. The van der Waals surface area contributed by atoms with Gasteiger partial charge in [-0.25, -0.2) is 0 Å². The first-order valence-electron chi connectivity index (χ1n) is 4.12. The maximum atomic E-state index is 10.5. The van der Waals surface area contributed by atoms with Crippen LogP contribution in [0.15, 0.2) is 18.2 Å². The second-order valence-corrected chi connectivity index (χ2v) is 3.33. The molecule has 0 spiro atoms. The number of benzene rings is 1. The predicted molar refractivity (Wildman–Crippen MR) is 47.8 cm³/mol. The SMILES string of the molecule is Nc1ccc2c(c1)CC(C=O)C2. The van der Waals surface area contributed by atoms with E-state index in [1.54, 1.807) is 0 Å². The first-order chi connectivity index (χ1) is 5.79.